The number of anilines is 2. The minimum absolute atomic E-state index is 0.00944. The van der Waals surface area contributed by atoms with Gasteiger partial charge in [-0.3, -0.25) is 14.4 Å². The summed E-state index contributed by atoms with van der Waals surface area (Å²) in [7, 11) is 3.20. The van der Waals surface area contributed by atoms with Gasteiger partial charge in [0, 0.05) is 32.7 Å². The summed E-state index contributed by atoms with van der Waals surface area (Å²) in [5.41, 5.74) is 3.36. The second-order valence-electron chi connectivity index (χ2n) is 9.92. The fourth-order valence-electron chi connectivity index (χ4n) is 4.42. The smallest absolute Gasteiger partial charge is 0.316 e. The molecule has 0 atom stereocenters. The van der Waals surface area contributed by atoms with E-state index in [1.165, 1.54) is 15.6 Å². The van der Waals surface area contributed by atoms with Gasteiger partial charge in [-0.15, -0.1) is 0 Å². The number of carbonyl (C=O) groups excluding carboxylic acids is 1. The lowest BCUT2D eigenvalue weighted by atomic mass is 9.87. The van der Waals surface area contributed by atoms with E-state index in [2.05, 4.69) is 31.0 Å². The lowest BCUT2D eigenvalue weighted by Crippen LogP contribution is -2.39. The zero-order chi connectivity index (χ0) is 23.9. The maximum Gasteiger partial charge on any atom is 0.316 e. The third-order valence-electron chi connectivity index (χ3n) is 6.57. The van der Waals surface area contributed by atoms with Crippen molar-refractivity contribution in [2.75, 3.05) is 23.3 Å². The van der Waals surface area contributed by atoms with Crippen molar-refractivity contribution in [2.45, 2.75) is 45.4 Å². The molecule has 7 nitrogen and oxygen atoms in total. The van der Waals surface area contributed by atoms with Crippen LogP contribution < -0.4 is 21.3 Å². The fraction of sp³-hybridized carbons (Fsp3) is 0.423. The first-order valence-electron chi connectivity index (χ1n) is 11.5. The lowest BCUT2D eigenvalue weighted by Gasteiger charge is -2.31. The molecule has 0 spiro atoms. The number of fused-ring (bicyclic) bond motifs is 1. The van der Waals surface area contributed by atoms with E-state index in [1.54, 1.807) is 14.1 Å². The van der Waals surface area contributed by atoms with Gasteiger partial charge in [-0.1, -0.05) is 32.9 Å². The Hall–Kier alpha value is -3.35. The van der Waals surface area contributed by atoms with Crippen molar-refractivity contribution in [3.63, 3.8) is 0 Å². The minimum atomic E-state index is -0.592. The van der Waals surface area contributed by atoms with Crippen LogP contribution in [0.25, 0.3) is 11.0 Å². The number of rotatable bonds is 3. The number of aryl methyl sites for hydroxylation is 2. The van der Waals surface area contributed by atoms with Crippen LogP contribution in [0.3, 0.4) is 0 Å². The number of hydrogen-bond donors (Lipinski definition) is 1. The average Bonchev–Trinajstić information content (AvgIpc) is 2.81. The van der Waals surface area contributed by atoms with Gasteiger partial charge in [-0.2, -0.15) is 0 Å². The van der Waals surface area contributed by atoms with Gasteiger partial charge >= 0.3 is 11.1 Å². The predicted octanol–water partition coefficient (Wildman–Crippen LogP) is 3.78. The van der Waals surface area contributed by atoms with E-state index in [-0.39, 0.29) is 11.3 Å². The average molecular weight is 449 g/mol. The normalized spacial score (nSPS) is 14.5. The van der Waals surface area contributed by atoms with Crippen molar-refractivity contribution < 1.29 is 4.79 Å². The predicted molar refractivity (Wildman–Crippen MR) is 134 cm³/mol. The quantitative estimate of drug-likeness (QED) is 0.619. The third-order valence-corrected chi connectivity index (χ3v) is 6.57. The molecule has 2 heterocycles. The van der Waals surface area contributed by atoms with E-state index < -0.39 is 11.1 Å². The van der Waals surface area contributed by atoms with Crippen LogP contribution >= 0.6 is 0 Å². The Bertz CT molecular complexity index is 1320. The van der Waals surface area contributed by atoms with E-state index in [9.17, 15) is 14.4 Å². The molecule has 1 N–H and O–H groups in total. The van der Waals surface area contributed by atoms with Crippen LogP contribution in [0.2, 0.25) is 0 Å². The number of amides is 1. The van der Waals surface area contributed by atoms with Crippen LogP contribution in [-0.4, -0.2) is 28.1 Å². The lowest BCUT2D eigenvalue weighted by molar-refractivity contribution is 0.102. The van der Waals surface area contributed by atoms with Gasteiger partial charge in [0.05, 0.1) is 22.4 Å². The summed E-state index contributed by atoms with van der Waals surface area (Å²) in [5, 5.41) is 3.07. The molecule has 7 heteroatoms. The van der Waals surface area contributed by atoms with Crippen LogP contribution in [0, 0.1) is 0 Å². The maximum atomic E-state index is 13.2. The van der Waals surface area contributed by atoms with Gasteiger partial charge in [0.25, 0.3) is 5.91 Å². The van der Waals surface area contributed by atoms with Gasteiger partial charge in [0.1, 0.15) is 0 Å². The highest BCUT2D eigenvalue weighted by atomic mass is 16.2. The van der Waals surface area contributed by atoms with Crippen LogP contribution in [0.15, 0.2) is 46.0 Å². The van der Waals surface area contributed by atoms with Crippen molar-refractivity contribution in [3.05, 3.63) is 68.2 Å². The van der Waals surface area contributed by atoms with E-state index in [0.717, 1.165) is 37.2 Å². The van der Waals surface area contributed by atoms with E-state index in [4.69, 9.17) is 0 Å². The highest BCUT2D eigenvalue weighted by molar-refractivity contribution is 6.07. The Morgan fingerprint density at radius 2 is 1.39 bits per heavy atom. The number of nitrogens with zero attached hydrogens (tertiary/aromatic N) is 3. The summed E-state index contributed by atoms with van der Waals surface area (Å²) >= 11 is 0. The summed E-state index contributed by atoms with van der Waals surface area (Å²) in [6, 6.07) is 11.4. The molecular formula is C26H32N4O3. The fourth-order valence-corrected chi connectivity index (χ4v) is 4.42. The molecule has 0 unspecified atom stereocenters. The zero-order valence-electron chi connectivity index (χ0n) is 20.1. The molecular weight excluding hydrogens is 416 g/mol. The number of benzene rings is 2. The molecule has 0 bridgehead atoms. The third kappa shape index (κ3) is 4.32. The summed E-state index contributed by atoms with van der Waals surface area (Å²) in [6.07, 6.45) is 3.33. The number of hydrogen-bond acceptors (Lipinski definition) is 4. The minimum Gasteiger partial charge on any atom is -0.370 e. The maximum absolute atomic E-state index is 13.2. The molecule has 0 radical (unpaired) electrons. The summed E-state index contributed by atoms with van der Waals surface area (Å²) in [5.74, 6) is -0.206. The number of piperidine rings is 1. The monoisotopic (exact) mass is 448 g/mol. The SMILES string of the molecule is Cn1c(=O)c(=O)n(C)c2cc(N3CCCCC3)c(NC(=O)c3ccc(C(C)(C)C)cc3)cc21. The Morgan fingerprint density at radius 3 is 1.94 bits per heavy atom. The van der Waals surface area contributed by atoms with Gasteiger partial charge in [-0.25, -0.2) is 0 Å². The molecule has 4 rings (SSSR count). The summed E-state index contributed by atoms with van der Waals surface area (Å²) in [6.45, 7) is 8.18. The van der Waals surface area contributed by atoms with Gasteiger partial charge in [-0.05, 0) is 54.5 Å². The standard InChI is InChI=1S/C26H32N4O3/c1-26(2,3)18-11-9-17(10-12-18)23(31)27-19-15-21-22(29(5)25(33)24(32)28(21)4)16-20(19)30-13-7-6-8-14-30/h9-12,15-16H,6-8,13-14H2,1-5H3,(H,27,31). The van der Waals surface area contributed by atoms with Crippen LogP contribution in [0.1, 0.15) is 56.0 Å². The molecule has 3 aromatic rings. The highest BCUT2D eigenvalue weighted by Gasteiger charge is 2.21. The Balaban J connectivity index is 1.80. The summed E-state index contributed by atoms with van der Waals surface area (Å²) < 4.78 is 2.74. The Labute approximate surface area is 193 Å². The van der Waals surface area contributed by atoms with E-state index in [0.29, 0.717) is 22.3 Å². The molecule has 0 saturated carbocycles. The molecule has 2 aromatic carbocycles. The van der Waals surface area contributed by atoms with E-state index >= 15 is 0 Å². The Kier molecular flexibility index (Phi) is 5.91. The largest absolute Gasteiger partial charge is 0.370 e. The molecule has 1 aliphatic heterocycles. The molecule has 1 amide bonds. The molecule has 1 saturated heterocycles. The second-order valence-corrected chi connectivity index (χ2v) is 9.92. The van der Waals surface area contributed by atoms with Crippen LogP contribution in [-0.2, 0) is 19.5 Å². The van der Waals surface area contributed by atoms with Crippen molar-refractivity contribution in [2.24, 2.45) is 14.1 Å². The van der Waals surface area contributed by atoms with Gasteiger partial charge < -0.3 is 19.4 Å². The van der Waals surface area contributed by atoms with Gasteiger partial charge in [0.15, 0.2) is 0 Å². The van der Waals surface area contributed by atoms with Crippen LogP contribution in [0.5, 0.6) is 0 Å². The number of carbonyl (C=O) groups is 1. The second kappa shape index (κ2) is 8.54. The first-order chi connectivity index (χ1) is 15.6. The topological polar surface area (TPSA) is 76.3 Å². The molecule has 1 fully saturated rings. The van der Waals surface area contributed by atoms with E-state index in [1.807, 2.05) is 36.4 Å². The Morgan fingerprint density at radius 1 is 0.848 bits per heavy atom. The van der Waals surface area contributed by atoms with Crippen molar-refractivity contribution in [1.82, 2.24) is 9.13 Å². The van der Waals surface area contributed by atoms with Crippen LogP contribution in [0.4, 0.5) is 11.4 Å². The van der Waals surface area contributed by atoms with Gasteiger partial charge in [0.2, 0.25) is 0 Å². The zero-order valence-corrected chi connectivity index (χ0v) is 20.1. The first-order valence-corrected chi connectivity index (χ1v) is 11.5. The number of aromatic nitrogens is 2. The molecule has 174 valence electrons. The molecule has 33 heavy (non-hydrogen) atoms. The first kappa shape index (κ1) is 22.8. The highest BCUT2D eigenvalue weighted by Crippen LogP contribution is 2.33. The molecule has 1 aromatic heterocycles. The molecule has 0 aliphatic carbocycles. The number of nitrogens with one attached hydrogen (secondary N) is 1. The molecule has 1 aliphatic rings. The van der Waals surface area contributed by atoms with Crippen molar-refractivity contribution >= 4 is 28.3 Å². The van der Waals surface area contributed by atoms with Crippen molar-refractivity contribution in [1.29, 1.82) is 0 Å². The summed E-state index contributed by atoms with van der Waals surface area (Å²) in [4.78, 5) is 40.2. The van der Waals surface area contributed by atoms with Crippen molar-refractivity contribution in [3.8, 4) is 0 Å².